The van der Waals surface area contributed by atoms with Gasteiger partial charge in [0.25, 0.3) is 5.91 Å². The van der Waals surface area contributed by atoms with E-state index in [0.717, 1.165) is 12.8 Å². The summed E-state index contributed by atoms with van der Waals surface area (Å²) in [5.74, 6) is -0.605. The number of nitrogens with zero attached hydrogens (tertiary/aromatic N) is 4. The van der Waals surface area contributed by atoms with Crippen LogP contribution in [0, 0.1) is 0 Å². The normalized spacial score (nSPS) is 20.3. The minimum atomic E-state index is -0.613. The first-order chi connectivity index (χ1) is 14.5. The molecule has 2 amide bonds. The first-order valence-electron chi connectivity index (χ1n) is 9.27. The summed E-state index contributed by atoms with van der Waals surface area (Å²) in [6.07, 6.45) is 5.13. The van der Waals surface area contributed by atoms with Crippen LogP contribution in [0.3, 0.4) is 0 Å². The van der Waals surface area contributed by atoms with Crippen molar-refractivity contribution in [1.29, 1.82) is 0 Å². The molecule has 1 aromatic carbocycles. The van der Waals surface area contributed by atoms with Gasteiger partial charge in [0.05, 0.1) is 18.0 Å². The fourth-order valence-corrected chi connectivity index (χ4v) is 4.38. The van der Waals surface area contributed by atoms with E-state index >= 15 is 0 Å². The lowest BCUT2D eigenvalue weighted by molar-refractivity contribution is -0.128. The fraction of sp³-hybridized carbons (Fsp3) is 0.250. The third kappa shape index (κ3) is 5.38. The van der Waals surface area contributed by atoms with E-state index in [4.69, 9.17) is 23.2 Å². The van der Waals surface area contributed by atoms with Gasteiger partial charge < -0.3 is 5.32 Å². The molecule has 154 valence electrons. The Labute approximate surface area is 187 Å². The number of thioether (sulfide) groups is 1. The second kappa shape index (κ2) is 9.16. The van der Waals surface area contributed by atoms with Crippen molar-refractivity contribution in [3.8, 4) is 0 Å². The van der Waals surface area contributed by atoms with Gasteiger partial charge in [-0.25, -0.2) is 0 Å². The molecule has 0 spiro atoms. The van der Waals surface area contributed by atoms with Crippen LogP contribution in [0.15, 0.2) is 52.7 Å². The minimum Gasteiger partial charge on any atom is -0.326 e. The third-order valence-corrected chi connectivity index (χ3v) is 5.84. The molecular weight excluding hydrogens is 445 g/mol. The van der Waals surface area contributed by atoms with Crippen molar-refractivity contribution in [2.75, 3.05) is 5.32 Å². The Hall–Kier alpha value is -2.42. The highest BCUT2D eigenvalue weighted by molar-refractivity contribution is 8.15. The molecule has 2 aliphatic rings. The number of hydrogen-bond acceptors (Lipinski definition) is 6. The molecule has 0 bridgehead atoms. The largest absolute Gasteiger partial charge is 0.326 e. The lowest BCUT2D eigenvalue weighted by Gasteiger charge is -2.10. The molecule has 1 N–H and O–H groups in total. The summed E-state index contributed by atoms with van der Waals surface area (Å²) < 4.78 is 0. The number of amidine groups is 1. The number of amides is 2. The summed E-state index contributed by atoms with van der Waals surface area (Å²) in [4.78, 5) is 34.1. The third-order valence-electron chi connectivity index (χ3n) is 4.26. The Kier molecular flexibility index (Phi) is 6.36. The van der Waals surface area contributed by atoms with E-state index in [2.05, 4.69) is 20.4 Å². The van der Waals surface area contributed by atoms with Gasteiger partial charge in [-0.3, -0.25) is 19.6 Å². The summed E-state index contributed by atoms with van der Waals surface area (Å²) >= 11 is 13.2. The van der Waals surface area contributed by atoms with Gasteiger partial charge in [0.2, 0.25) is 5.91 Å². The first-order valence-corrected chi connectivity index (χ1v) is 10.9. The van der Waals surface area contributed by atoms with Gasteiger partial charge in [-0.05, 0) is 43.2 Å². The van der Waals surface area contributed by atoms with E-state index in [1.807, 2.05) is 6.07 Å². The van der Waals surface area contributed by atoms with Gasteiger partial charge in [0, 0.05) is 28.4 Å². The van der Waals surface area contributed by atoms with E-state index < -0.39 is 5.25 Å². The van der Waals surface area contributed by atoms with Gasteiger partial charge in [-0.15, -0.1) is 0 Å². The average Bonchev–Trinajstić information content (AvgIpc) is 3.46. The predicted octanol–water partition coefficient (Wildman–Crippen LogP) is 4.21. The molecule has 1 saturated heterocycles. The Morgan fingerprint density at radius 3 is 2.70 bits per heavy atom. The number of pyridine rings is 1. The fourth-order valence-electron chi connectivity index (χ4n) is 2.71. The van der Waals surface area contributed by atoms with Gasteiger partial charge in [-0.2, -0.15) is 10.1 Å². The number of hydrazone groups is 1. The standard InChI is InChI=1S/C20H17Cl2N5O2S/c21-12-7-13(22)9-16(8-12)25-18(28)10-17-19(29)27(20(30-17)26-14-4-5-14)24-11-15-3-1-2-6-23-15/h1-3,6-9,11,14,17H,4-5,10H2,(H,25,28)/b24-11-,26-20?/t17-/m0/s1. The smallest absolute Gasteiger partial charge is 0.263 e. The molecular formula is C20H17Cl2N5O2S. The van der Waals surface area contributed by atoms with Crippen molar-refractivity contribution in [3.05, 3.63) is 58.3 Å². The molecule has 2 fully saturated rings. The number of halogens is 2. The topological polar surface area (TPSA) is 87.0 Å². The van der Waals surface area contributed by atoms with Crippen LogP contribution in [-0.4, -0.2) is 44.5 Å². The van der Waals surface area contributed by atoms with Crippen LogP contribution in [0.2, 0.25) is 10.0 Å². The summed E-state index contributed by atoms with van der Waals surface area (Å²) in [6, 6.07) is 10.4. The van der Waals surface area contributed by atoms with Gasteiger partial charge >= 0.3 is 0 Å². The van der Waals surface area contributed by atoms with Gasteiger partial charge in [-0.1, -0.05) is 41.0 Å². The maximum atomic E-state index is 12.9. The predicted molar refractivity (Wildman–Crippen MR) is 120 cm³/mol. The number of hydrogen-bond donors (Lipinski definition) is 1. The molecule has 10 heteroatoms. The van der Waals surface area contributed by atoms with Crippen molar-refractivity contribution in [2.45, 2.75) is 30.6 Å². The van der Waals surface area contributed by atoms with E-state index in [1.165, 1.54) is 23.0 Å². The zero-order chi connectivity index (χ0) is 21.1. The zero-order valence-corrected chi connectivity index (χ0v) is 18.0. The lowest BCUT2D eigenvalue weighted by Crippen LogP contribution is -2.30. The lowest BCUT2D eigenvalue weighted by atomic mass is 10.2. The minimum absolute atomic E-state index is 0.0209. The van der Waals surface area contributed by atoms with Crippen LogP contribution >= 0.6 is 35.0 Å². The van der Waals surface area contributed by atoms with Crippen LogP contribution in [0.25, 0.3) is 0 Å². The molecule has 7 nitrogen and oxygen atoms in total. The quantitative estimate of drug-likeness (QED) is 0.652. The maximum absolute atomic E-state index is 12.9. The summed E-state index contributed by atoms with van der Waals surface area (Å²) in [6.45, 7) is 0. The molecule has 4 rings (SSSR count). The SMILES string of the molecule is O=C(C[C@@H]1SC(=NC2CC2)N(/N=C\c2ccccn2)C1=O)Nc1cc(Cl)cc(Cl)c1. The van der Waals surface area contributed by atoms with Crippen molar-refractivity contribution in [2.24, 2.45) is 10.1 Å². The molecule has 2 aromatic rings. The Morgan fingerprint density at radius 1 is 1.27 bits per heavy atom. The molecule has 1 saturated carbocycles. The molecule has 2 heterocycles. The molecule has 0 radical (unpaired) electrons. The van der Waals surface area contributed by atoms with Crippen molar-refractivity contribution in [3.63, 3.8) is 0 Å². The number of rotatable bonds is 6. The highest BCUT2D eigenvalue weighted by atomic mass is 35.5. The summed E-state index contributed by atoms with van der Waals surface area (Å²) in [5, 5.41) is 9.01. The van der Waals surface area contributed by atoms with Crippen LogP contribution < -0.4 is 5.32 Å². The monoisotopic (exact) mass is 461 g/mol. The van der Waals surface area contributed by atoms with E-state index in [-0.39, 0.29) is 24.3 Å². The van der Waals surface area contributed by atoms with E-state index in [0.29, 0.717) is 26.6 Å². The van der Waals surface area contributed by atoms with E-state index in [9.17, 15) is 9.59 Å². The van der Waals surface area contributed by atoms with Crippen LogP contribution in [0.1, 0.15) is 25.0 Å². The molecule has 30 heavy (non-hydrogen) atoms. The molecule has 1 aliphatic carbocycles. The molecule has 1 atom stereocenters. The maximum Gasteiger partial charge on any atom is 0.263 e. The van der Waals surface area contributed by atoms with Crippen LogP contribution in [0.5, 0.6) is 0 Å². The number of aliphatic imine (C=N–C) groups is 1. The number of nitrogens with one attached hydrogen (secondary N) is 1. The number of carbonyl (C=O) groups is 2. The van der Waals surface area contributed by atoms with Crippen LogP contribution in [-0.2, 0) is 9.59 Å². The van der Waals surface area contributed by atoms with Gasteiger partial charge in [0.1, 0.15) is 5.25 Å². The highest BCUT2D eigenvalue weighted by Gasteiger charge is 2.40. The van der Waals surface area contributed by atoms with E-state index in [1.54, 1.807) is 36.5 Å². The number of aromatic nitrogens is 1. The molecule has 0 unspecified atom stereocenters. The Balaban J connectivity index is 1.46. The number of carbonyl (C=O) groups excluding carboxylic acids is 2. The number of benzene rings is 1. The van der Waals surface area contributed by atoms with Crippen LogP contribution in [0.4, 0.5) is 5.69 Å². The summed E-state index contributed by atoms with van der Waals surface area (Å²) in [7, 11) is 0. The number of anilines is 1. The Morgan fingerprint density at radius 2 is 2.03 bits per heavy atom. The highest BCUT2D eigenvalue weighted by Crippen LogP contribution is 2.34. The van der Waals surface area contributed by atoms with Gasteiger partial charge in [0.15, 0.2) is 5.17 Å². The summed E-state index contributed by atoms with van der Waals surface area (Å²) in [5.41, 5.74) is 1.10. The zero-order valence-electron chi connectivity index (χ0n) is 15.7. The average molecular weight is 462 g/mol. The Bertz CT molecular complexity index is 1010. The van der Waals surface area contributed by atoms with Crippen molar-refractivity contribution >= 4 is 63.8 Å². The van der Waals surface area contributed by atoms with Crippen molar-refractivity contribution < 1.29 is 9.59 Å². The second-order valence-corrected chi connectivity index (χ2v) is 8.85. The molecule has 1 aliphatic heterocycles. The molecule has 1 aromatic heterocycles. The van der Waals surface area contributed by atoms with Crippen molar-refractivity contribution in [1.82, 2.24) is 9.99 Å². The second-order valence-electron chi connectivity index (χ2n) is 6.81. The first kappa shape index (κ1) is 20.8.